The number of benzene rings is 1. The summed E-state index contributed by atoms with van der Waals surface area (Å²) in [6, 6.07) is 10.0. The number of ether oxygens (including phenoxy) is 1. The molecule has 1 fully saturated rings. The molecule has 1 saturated heterocycles. The number of aryl methyl sites for hydroxylation is 1. The van der Waals surface area contributed by atoms with Crippen LogP contribution in [0.1, 0.15) is 54.2 Å². The fourth-order valence-electron chi connectivity index (χ4n) is 3.94. The lowest BCUT2D eigenvalue weighted by atomic mass is 10.0. The molecule has 1 aliphatic rings. The van der Waals surface area contributed by atoms with Crippen molar-refractivity contribution in [3.8, 4) is 0 Å². The first-order valence-corrected chi connectivity index (χ1v) is 10.1. The van der Waals surface area contributed by atoms with E-state index in [9.17, 15) is 9.59 Å². The highest BCUT2D eigenvalue weighted by molar-refractivity contribution is 5.77. The Labute approximate surface area is 171 Å². The van der Waals surface area contributed by atoms with Gasteiger partial charge in [0, 0.05) is 30.6 Å². The normalized spacial score (nSPS) is 16.8. The number of aliphatic carboxylic acids is 1. The molecule has 7 nitrogen and oxygen atoms in total. The summed E-state index contributed by atoms with van der Waals surface area (Å²) in [6.07, 6.45) is 1.56. The highest BCUT2D eigenvalue weighted by atomic mass is 16.5. The van der Waals surface area contributed by atoms with Gasteiger partial charge in [0.1, 0.15) is 0 Å². The van der Waals surface area contributed by atoms with Crippen LogP contribution in [0.25, 0.3) is 0 Å². The van der Waals surface area contributed by atoms with Crippen LogP contribution < -0.4 is 0 Å². The van der Waals surface area contributed by atoms with Gasteiger partial charge in [0.15, 0.2) is 0 Å². The summed E-state index contributed by atoms with van der Waals surface area (Å²) < 4.78 is 7.69. The van der Waals surface area contributed by atoms with Crippen molar-refractivity contribution in [2.24, 2.45) is 0 Å². The number of morpholine rings is 1. The standard InChI is InChI=1S/C22H29N3O4/c1-16-22(17(2)25(23-16)14-18-8-4-3-5-9-18)19-15-29-13-12-24(19)20(26)10-6-7-11-21(27)28/h3-5,8-9,19H,6-7,10-15H2,1-2H3,(H,27,28). The molecule has 1 aromatic heterocycles. The van der Waals surface area contributed by atoms with Crippen molar-refractivity contribution in [3.05, 3.63) is 52.8 Å². The van der Waals surface area contributed by atoms with Crippen LogP contribution in [0.15, 0.2) is 30.3 Å². The first-order valence-electron chi connectivity index (χ1n) is 10.1. The van der Waals surface area contributed by atoms with E-state index in [1.54, 1.807) is 0 Å². The summed E-state index contributed by atoms with van der Waals surface area (Å²) in [6.45, 7) is 6.24. The predicted octanol–water partition coefficient (Wildman–Crippen LogP) is 3.09. The lowest BCUT2D eigenvalue weighted by molar-refractivity contribution is -0.141. The predicted molar refractivity (Wildman–Crippen MR) is 109 cm³/mol. The van der Waals surface area contributed by atoms with Crippen molar-refractivity contribution in [2.75, 3.05) is 19.8 Å². The third kappa shape index (κ3) is 5.23. The van der Waals surface area contributed by atoms with Gasteiger partial charge < -0.3 is 14.7 Å². The third-order valence-electron chi connectivity index (χ3n) is 5.43. The number of rotatable bonds is 8. The maximum absolute atomic E-state index is 12.8. The van der Waals surface area contributed by atoms with E-state index in [0.717, 1.165) is 17.0 Å². The van der Waals surface area contributed by atoms with Crippen LogP contribution in [-0.4, -0.2) is 51.4 Å². The van der Waals surface area contributed by atoms with Gasteiger partial charge in [-0.3, -0.25) is 14.3 Å². The van der Waals surface area contributed by atoms with Crippen LogP contribution in [0.3, 0.4) is 0 Å². The number of hydrogen-bond donors (Lipinski definition) is 1. The highest BCUT2D eigenvalue weighted by Gasteiger charge is 2.32. The second-order valence-electron chi connectivity index (χ2n) is 7.51. The Hall–Kier alpha value is -2.67. The zero-order valence-electron chi connectivity index (χ0n) is 17.1. The molecule has 0 aliphatic carbocycles. The van der Waals surface area contributed by atoms with E-state index in [2.05, 4.69) is 12.1 Å². The SMILES string of the molecule is Cc1nn(Cc2ccccc2)c(C)c1C1COCCN1C(=O)CCCCC(=O)O. The van der Waals surface area contributed by atoms with Crippen LogP contribution in [0.5, 0.6) is 0 Å². The second kappa shape index (κ2) is 9.69. The smallest absolute Gasteiger partial charge is 0.303 e. The molecule has 2 heterocycles. The van der Waals surface area contributed by atoms with Crippen LogP contribution in [0.2, 0.25) is 0 Å². The lowest BCUT2D eigenvalue weighted by Gasteiger charge is -2.36. The summed E-state index contributed by atoms with van der Waals surface area (Å²) >= 11 is 0. The second-order valence-corrected chi connectivity index (χ2v) is 7.51. The average Bonchev–Trinajstić information content (AvgIpc) is 2.98. The van der Waals surface area contributed by atoms with Crippen LogP contribution >= 0.6 is 0 Å². The van der Waals surface area contributed by atoms with Gasteiger partial charge in [-0.25, -0.2) is 0 Å². The van der Waals surface area contributed by atoms with Crippen LogP contribution in [0, 0.1) is 13.8 Å². The molecule has 0 saturated carbocycles. The fraction of sp³-hybridized carbons (Fsp3) is 0.500. The van der Waals surface area contributed by atoms with Gasteiger partial charge >= 0.3 is 5.97 Å². The largest absolute Gasteiger partial charge is 0.481 e. The van der Waals surface area contributed by atoms with Gasteiger partial charge in [0.2, 0.25) is 5.91 Å². The first-order chi connectivity index (χ1) is 14.0. The topological polar surface area (TPSA) is 84.7 Å². The number of aromatic nitrogens is 2. The molecule has 1 aliphatic heterocycles. The van der Waals surface area contributed by atoms with Crippen molar-refractivity contribution in [2.45, 2.75) is 52.1 Å². The molecule has 1 unspecified atom stereocenters. The van der Waals surface area contributed by atoms with E-state index in [1.165, 1.54) is 5.56 Å². The van der Waals surface area contributed by atoms with Gasteiger partial charge in [-0.1, -0.05) is 30.3 Å². The van der Waals surface area contributed by atoms with Crippen molar-refractivity contribution in [1.82, 2.24) is 14.7 Å². The molecular formula is C22H29N3O4. The summed E-state index contributed by atoms with van der Waals surface area (Å²) in [4.78, 5) is 25.4. The van der Waals surface area contributed by atoms with E-state index < -0.39 is 5.97 Å². The summed E-state index contributed by atoms with van der Waals surface area (Å²) in [5.74, 6) is -0.767. The van der Waals surface area contributed by atoms with Crippen LogP contribution in [-0.2, 0) is 20.9 Å². The van der Waals surface area contributed by atoms with Crippen molar-refractivity contribution in [3.63, 3.8) is 0 Å². The third-order valence-corrected chi connectivity index (χ3v) is 5.43. The summed E-state index contributed by atoms with van der Waals surface area (Å²) in [7, 11) is 0. The first kappa shape index (κ1) is 21.0. The molecule has 156 valence electrons. The molecule has 1 N–H and O–H groups in total. The molecule has 3 rings (SSSR count). The summed E-state index contributed by atoms with van der Waals surface area (Å²) in [5.41, 5.74) is 4.19. The molecule has 7 heteroatoms. The Kier molecular flexibility index (Phi) is 7.04. The van der Waals surface area contributed by atoms with E-state index in [-0.39, 0.29) is 18.4 Å². The molecule has 0 radical (unpaired) electrons. The van der Waals surface area contributed by atoms with Gasteiger partial charge in [-0.15, -0.1) is 0 Å². The van der Waals surface area contributed by atoms with E-state index in [0.29, 0.717) is 45.6 Å². The number of amides is 1. The van der Waals surface area contributed by atoms with E-state index in [4.69, 9.17) is 14.9 Å². The number of nitrogens with zero attached hydrogens (tertiary/aromatic N) is 3. The Balaban J connectivity index is 1.74. The Bertz CT molecular complexity index is 847. The molecule has 1 amide bonds. The monoisotopic (exact) mass is 399 g/mol. The van der Waals surface area contributed by atoms with E-state index >= 15 is 0 Å². The molecule has 1 aromatic carbocycles. The minimum absolute atomic E-state index is 0.0540. The highest BCUT2D eigenvalue weighted by Crippen LogP contribution is 2.30. The van der Waals surface area contributed by atoms with E-state index in [1.807, 2.05) is 41.6 Å². The maximum Gasteiger partial charge on any atom is 0.303 e. The van der Waals surface area contributed by atoms with Gasteiger partial charge in [0.25, 0.3) is 0 Å². The Morgan fingerprint density at radius 1 is 1.17 bits per heavy atom. The van der Waals surface area contributed by atoms with Gasteiger partial charge in [-0.05, 0) is 32.3 Å². The molecule has 0 bridgehead atoms. The number of carbonyl (C=O) groups is 2. The molecule has 1 atom stereocenters. The van der Waals surface area contributed by atoms with Gasteiger partial charge in [0.05, 0.1) is 31.5 Å². The van der Waals surface area contributed by atoms with Crippen molar-refractivity contribution in [1.29, 1.82) is 0 Å². The Morgan fingerprint density at radius 2 is 1.90 bits per heavy atom. The minimum Gasteiger partial charge on any atom is -0.481 e. The molecule has 2 aromatic rings. The quantitative estimate of drug-likeness (QED) is 0.690. The fourth-order valence-corrected chi connectivity index (χ4v) is 3.94. The molecule has 0 spiro atoms. The molecular weight excluding hydrogens is 370 g/mol. The van der Waals surface area contributed by atoms with Crippen molar-refractivity contribution >= 4 is 11.9 Å². The summed E-state index contributed by atoms with van der Waals surface area (Å²) in [5, 5.41) is 13.5. The molecule has 29 heavy (non-hydrogen) atoms. The number of hydrogen-bond acceptors (Lipinski definition) is 4. The zero-order chi connectivity index (χ0) is 20.8. The zero-order valence-corrected chi connectivity index (χ0v) is 17.1. The number of carbonyl (C=O) groups excluding carboxylic acids is 1. The van der Waals surface area contributed by atoms with Crippen LogP contribution in [0.4, 0.5) is 0 Å². The Morgan fingerprint density at radius 3 is 2.62 bits per heavy atom. The van der Waals surface area contributed by atoms with Crippen molar-refractivity contribution < 1.29 is 19.4 Å². The lowest BCUT2D eigenvalue weighted by Crippen LogP contribution is -2.43. The number of carboxylic acid groups (broad SMARTS) is 1. The number of unbranched alkanes of at least 4 members (excludes halogenated alkanes) is 1. The minimum atomic E-state index is -0.821. The average molecular weight is 399 g/mol. The maximum atomic E-state index is 12.8. The van der Waals surface area contributed by atoms with Gasteiger partial charge in [-0.2, -0.15) is 5.10 Å². The number of carboxylic acids is 1.